The van der Waals surface area contributed by atoms with E-state index in [1.807, 2.05) is 26.1 Å². The quantitative estimate of drug-likeness (QED) is 0.908. The van der Waals surface area contributed by atoms with E-state index >= 15 is 0 Å². The summed E-state index contributed by atoms with van der Waals surface area (Å²) < 4.78 is 5.44. The third-order valence-corrected chi connectivity index (χ3v) is 3.36. The molecule has 0 aliphatic rings. The normalized spacial score (nSPS) is 12.2. The summed E-state index contributed by atoms with van der Waals surface area (Å²) in [5.74, 6) is 1.71. The lowest BCUT2D eigenvalue weighted by Crippen LogP contribution is -2.20. The Kier molecular flexibility index (Phi) is 4.69. The zero-order valence-corrected chi connectivity index (χ0v) is 12.5. The van der Waals surface area contributed by atoms with Crippen molar-refractivity contribution in [3.63, 3.8) is 0 Å². The number of hydrogen-bond donors (Lipinski definition) is 1. The Labute approximate surface area is 120 Å². The first-order valence-corrected chi connectivity index (χ1v) is 6.74. The summed E-state index contributed by atoms with van der Waals surface area (Å²) in [5.41, 5.74) is 3.42. The van der Waals surface area contributed by atoms with Crippen molar-refractivity contribution in [2.24, 2.45) is 0 Å². The van der Waals surface area contributed by atoms with Crippen LogP contribution in [0.4, 0.5) is 0 Å². The van der Waals surface area contributed by atoms with Gasteiger partial charge < -0.3 is 10.1 Å². The number of ether oxygens (including phenoxy) is 1. The van der Waals surface area contributed by atoms with Crippen LogP contribution in [-0.2, 0) is 6.42 Å². The van der Waals surface area contributed by atoms with Gasteiger partial charge in [-0.25, -0.2) is 9.97 Å². The fourth-order valence-electron chi connectivity index (χ4n) is 2.31. The number of nitrogens with one attached hydrogen (secondary N) is 1. The predicted octanol–water partition coefficient (Wildman–Crippen LogP) is 2.61. The van der Waals surface area contributed by atoms with Crippen molar-refractivity contribution in [1.82, 2.24) is 15.3 Å². The molecule has 0 saturated heterocycles. The van der Waals surface area contributed by atoms with Crippen LogP contribution in [-0.4, -0.2) is 24.1 Å². The third kappa shape index (κ3) is 3.33. The highest BCUT2D eigenvalue weighted by molar-refractivity contribution is 5.38. The average molecular weight is 271 g/mol. The number of aryl methyl sites for hydroxylation is 2. The molecule has 0 radical (unpaired) electrons. The molecule has 2 aromatic rings. The summed E-state index contributed by atoms with van der Waals surface area (Å²) in [4.78, 5) is 8.65. The third-order valence-electron chi connectivity index (χ3n) is 3.36. The van der Waals surface area contributed by atoms with Crippen molar-refractivity contribution in [1.29, 1.82) is 0 Å². The number of likely N-dealkylation sites (N-methyl/N-ethyl adjacent to an activating group) is 1. The van der Waals surface area contributed by atoms with E-state index in [1.54, 1.807) is 13.3 Å². The highest BCUT2D eigenvalue weighted by Gasteiger charge is 2.15. The molecular formula is C16H21N3O. The van der Waals surface area contributed by atoms with Crippen LogP contribution < -0.4 is 10.1 Å². The Morgan fingerprint density at radius 2 is 2.05 bits per heavy atom. The van der Waals surface area contributed by atoms with Gasteiger partial charge in [0.25, 0.3) is 0 Å². The zero-order chi connectivity index (χ0) is 14.5. The van der Waals surface area contributed by atoms with Crippen LogP contribution in [0.15, 0.2) is 30.5 Å². The molecule has 0 aliphatic heterocycles. The van der Waals surface area contributed by atoms with Crippen LogP contribution in [0.1, 0.15) is 28.7 Å². The molecule has 1 N–H and O–H groups in total. The van der Waals surface area contributed by atoms with Gasteiger partial charge in [-0.2, -0.15) is 0 Å². The fraction of sp³-hybridized carbons (Fsp3) is 0.375. The Hall–Kier alpha value is -1.94. The largest absolute Gasteiger partial charge is 0.496 e. The molecular weight excluding hydrogens is 250 g/mol. The standard InChI is InChI=1S/C16H21N3O/c1-11-5-6-16(20-4)13(9-11)10-15(17-3)14-7-8-18-12(2)19-14/h5-9,15,17H,10H2,1-4H3. The van der Waals surface area contributed by atoms with Gasteiger partial charge in [-0.1, -0.05) is 17.7 Å². The molecule has 1 unspecified atom stereocenters. The van der Waals surface area contributed by atoms with Crippen molar-refractivity contribution >= 4 is 0 Å². The van der Waals surface area contributed by atoms with Gasteiger partial charge in [-0.3, -0.25) is 0 Å². The Balaban J connectivity index is 2.28. The second kappa shape index (κ2) is 6.48. The lowest BCUT2D eigenvalue weighted by Gasteiger charge is -2.18. The highest BCUT2D eigenvalue weighted by Crippen LogP contribution is 2.25. The van der Waals surface area contributed by atoms with Gasteiger partial charge in [0, 0.05) is 6.20 Å². The minimum absolute atomic E-state index is 0.146. The van der Waals surface area contributed by atoms with E-state index in [0.717, 1.165) is 23.7 Å². The summed E-state index contributed by atoms with van der Waals surface area (Å²) in [6, 6.07) is 8.34. The van der Waals surface area contributed by atoms with E-state index in [-0.39, 0.29) is 6.04 Å². The molecule has 0 fully saturated rings. The van der Waals surface area contributed by atoms with Crippen LogP contribution in [0, 0.1) is 13.8 Å². The summed E-state index contributed by atoms with van der Waals surface area (Å²) in [7, 11) is 3.65. The first-order valence-electron chi connectivity index (χ1n) is 6.74. The van der Waals surface area contributed by atoms with E-state index < -0.39 is 0 Å². The van der Waals surface area contributed by atoms with Gasteiger partial charge in [0.05, 0.1) is 18.8 Å². The maximum Gasteiger partial charge on any atom is 0.125 e. The Morgan fingerprint density at radius 1 is 1.25 bits per heavy atom. The number of hydrogen-bond acceptors (Lipinski definition) is 4. The number of aromatic nitrogens is 2. The number of nitrogens with zero attached hydrogens (tertiary/aromatic N) is 2. The van der Waals surface area contributed by atoms with Gasteiger partial charge in [-0.15, -0.1) is 0 Å². The van der Waals surface area contributed by atoms with Gasteiger partial charge in [0.15, 0.2) is 0 Å². The van der Waals surface area contributed by atoms with Crippen LogP contribution in [0.25, 0.3) is 0 Å². The summed E-state index contributed by atoms with van der Waals surface area (Å²) in [5, 5.41) is 3.32. The molecule has 0 bridgehead atoms. The van der Waals surface area contributed by atoms with E-state index in [2.05, 4.69) is 34.3 Å². The van der Waals surface area contributed by atoms with Gasteiger partial charge in [-0.05, 0) is 45.0 Å². The summed E-state index contributed by atoms with van der Waals surface area (Å²) >= 11 is 0. The Morgan fingerprint density at radius 3 is 2.70 bits per heavy atom. The van der Waals surface area contributed by atoms with Crippen molar-refractivity contribution in [2.45, 2.75) is 26.3 Å². The minimum Gasteiger partial charge on any atom is -0.496 e. The van der Waals surface area contributed by atoms with Crippen molar-refractivity contribution in [3.05, 3.63) is 53.1 Å². The van der Waals surface area contributed by atoms with Crippen molar-refractivity contribution in [2.75, 3.05) is 14.2 Å². The lowest BCUT2D eigenvalue weighted by molar-refractivity contribution is 0.406. The molecule has 0 amide bonds. The van der Waals surface area contributed by atoms with Crippen LogP contribution >= 0.6 is 0 Å². The maximum absolute atomic E-state index is 5.44. The number of benzene rings is 1. The van der Waals surface area contributed by atoms with Crippen LogP contribution in [0.5, 0.6) is 5.75 Å². The second-order valence-corrected chi connectivity index (χ2v) is 4.89. The minimum atomic E-state index is 0.146. The summed E-state index contributed by atoms with van der Waals surface area (Å²) in [6.07, 6.45) is 2.63. The van der Waals surface area contributed by atoms with E-state index in [9.17, 15) is 0 Å². The lowest BCUT2D eigenvalue weighted by atomic mass is 10.0. The Bertz CT molecular complexity index is 584. The molecule has 1 aromatic carbocycles. The van der Waals surface area contributed by atoms with E-state index in [0.29, 0.717) is 0 Å². The molecule has 4 nitrogen and oxygen atoms in total. The zero-order valence-electron chi connectivity index (χ0n) is 12.5. The van der Waals surface area contributed by atoms with Crippen molar-refractivity contribution in [3.8, 4) is 5.75 Å². The fourth-order valence-corrected chi connectivity index (χ4v) is 2.31. The molecule has 20 heavy (non-hydrogen) atoms. The van der Waals surface area contributed by atoms with Gasteiger partial charge in [0.2, 0.25) is 0 Å². The molecule has 0 spiro atoms. The van der Waals surface area contributed by atoms with Gasteiger partial charge in [0.1, 0.15) is 11.6 Å². The topological polar surface area (TPSA) is 47.0 Å². The molecule has 1 aromatic heterocycles. The first-order chi connectivity index (χ1) is 9.63. The van der Waals surface area contributed by atoms with Crippen LogP contribution in [0.3, 0.4) is 0 Å². The molecule has 106 valence electrons. The second-order valence-electron chi connectivity index (χ2n) is 4.89. The molecule has 2 rings (SSSR count). The number of methoxy groups -OCH3 is 1. The van der Waals surface area contributed by atoms with Crippen LogP contribution in [0.2, 0.25) is 0 Å². The maximum atomic E-state index is 5.44. The summed E-state index contributed by atoms with van der Waals surface area (Å²) in [6.45, 7) is 4.00. The number of rotatable bonds is 5. The predicted molar refractivity (Wildman–Crippen MR) is 80.0 cm³/mol. The molecule has 0 saturated carbocycles. The molecule has 1 atom stereocenters. The van der Waals surface area contributed by atoms with Gasteiger partial charge >= 0.3 is 0 Å². The molecule has 0 aliphatic carbocycles. The highest BCUT2D eigenvalue weighted by atomic mass is 16.5. The smallest absolute Gasteiger partial charge is 0.125 e. The van der Waals surface area contributed by atoms with Crippen molar-refractivity contribution < 1.29 is 4.74 Å². The molecule has 4 heteroatoms. The SMILES string of the molecule is CNC(Cc1cc(C)ccc1OC)c1ccnc(C)n1. The monoisotopic (exact) mass is 271 g/mol. The molecule has 1 heterocycles. The average Bonchev–Trinajstić information content (AvgIpc) is 2.45. The van der Waals surface area contributed by atoms with E-state index in [1.165, 1.54) is 11.1 Å². The first kappa shape index (κ1) is 14.5. The van der Waals surface area contributed by atoms with E-state index in [4.69, 9.17) is 4.74 Å².